The normalized spacial score (nSPS) is 14.3. The van der Waals surface area contributed by atoms with Gasteiger partial charge in [0.2, 0.25) is 11.1 Å². The van der Waals surface area contributed by atoms with Crippen LogP contribution >= 0.6 is 39.3 Å². The average Bonchev–Trinajstić information content (AvgIpc) is 3.37. The van der Waals surface area contributed by atoms with Crippen molar-refractivity contribution in [1.29, 1.82) is 0 Å². The van der Waals surface area contributed by atoms with Crippen LogP contribution in [0.25, 0.3) is 0 Å². The molecule has 42 heavy (non-hydrogen) atoms. The lowest BCUT2D eigenvalue weighted by Crippen LogP contribution is -2.31. The SMILES string of the molecule is CCOc1c(Br)cc(C2C(C(=O)Nc3cccc(C)c3C)=C(C)Nc3nc(SCc4ccccc4Cl)nn32)cc1OC. The van der Waals surface area contributed by atoms with Gasteiger partial charge in [-0.3, -0.25) is 4.79 Å². The Morgan fingerprint density at radius 1 is 1.17 bits per heavy atom. The maximum absolute atomic E-state index is 14.0. The number of carbonyl (C=O) groups excluding carboxylic acids is 1. The lowest BCUT2D eigenvalue weighted by Gasteiger charge is -2.29. The summed E-state index contributed by atoms with van der Waals surface area (Å²) in [6.07, 6.45) is 0. The Balaban J connectivity index is 1.58. The summed E-state index contributed by atoms with van der Waals surface area (Å²) >= 11 is 11.5. The summed E-state index contributed by atoms with van der Waals surface area (Å²) in [5.74, 6) is 2.03. The number of aryl methyl sites for hydroxylation is 1. The number of nitrogens with one attached hydrogen (secondary N) is 2. The number of halogens is 2. The van der Waals surface area contributed by atoms with Crippen LogP contribution in [-0.2, 0) is 10.5 Å². The fraction of sp³-hybridized carbons (Fsp3) is 0.258. The second-order valence-electron chi connectivity index (χ2n) is 9.78. The lowest BCUT2D eigenvalue weighted by atomic mass is 9.94. The maximum atomic E-state index is 14.0. The molecule has 0 spiro atoms. The van der Waals surface area contributed by atoms with Crippen LogP contribution < -0.4 is 20.1 Å². The van der Waals surface area contributed by atoms with E-state index >= 15 is 0 Å². The molecule has 4 aromatic rings. The van der Waals surface area contributed by atoms with Crippen LogP contribution in [0.3, 0.4) is 0 Å². The van der Waals surface area contributed by atoms with Crippen molar-refractivity contribution < 1.29 is 14.3 Å². The summed E-state index contributed by atoms with van der Waals surface area (Å²) in [5.41, 5.74) is 5.81. The van der Waals surface area contributed by atoms with Gasteiger partial charge in [0.05, 0.1) is 23.8 Å². The van der Waals surface area contributed by atoms with Crippen molar-refractivity contribution in [2.45, 2.75) is 44.6 Å². The largest absolute Gasteiger partial charge is 0.493 e. The molecule has 0 saturated heterocycles. The first-order valence-electron chi connectivity index (χ1n) is 13.4. The first-order chi connectivity index (χ1) is 20.2. The minimum absolute atomic E-state index is 0.242. The summed E-state index contributed by atoms with van der Waals surface area (Å²) in [7, 11) is 1.59. The molecule has 3 aromatic carbocycles. The topological polar surface area (TPSA) is 90.3 Å². The highest BCUT2D eigenvalue weighted by molar-refractivity contribution is 9.10. The molecule has 5 rings (SSSR count). The highest BCUT2D eigenvalue weighted by Crippen LogP contribution is 2.43. The smallest absolute Gasteiger partial charge is 0.255 e. The number of aromatic nitrogens is 3. The molecule has 1 atom stereocenters. The van der Waals surface area contributed by atoms with Gasteiger partial charge in [0.15, 0.2) is 11.5 Å². The number of hydrogen-bond acceptors (Lipinski definition) is 7. The molecule has 1 aliphatic rings. The van der Waals surface area contributed by atoms with E-state index in [-0.39, 0.29) is 5.91 Å². The van der Waals surface area contributed by atoms with Crippen LogP contribution in [0.1, 0.15) is 42.1 Å². The Bertz CT molecular complexity index is 1690. The van der Waals surface area contributed by atoms with Crippen molar-refractivity contribution in [2.75, 3.05) is 24.4 Å². The summed E-state index contributed by atoms with van der Waals surface area (Å²) in [6.45, 7) is 8.28. The number of hydrogen-bond donors (Lipinski definition) is 2. The van der Waals surface area contributed by atoms with Gasteiger partial charge < -0.3 is 20.1 Å². The first kappa shape index (κ1) is 30.0. The fourth-order valence-corrected chi connectivity index (χ4v) is 6.50. The number of anilines is 2. The van der Waals surface area contributed by atoms with Crippen molar-refractivity contribution in [3.8, 4) is 11.5 Å². The van der Waals surface area contributed by atoms with E-state index in [2.05, 4.69) is 26.6 Å². The number of nitrogens with zero attached hydrogens (tertiary/aromatic N) is 3. The third kappa shape index (κ3) is 6.02. The summed E-state index contributed by atoms with van der Waals surface area (Å²) in [4.78, 5) is 18.8. The number of benzene rings is 3. The molecule has 0 bridgehead atoms. The van der Waals surface area contributed by atoms with Crippen LogP contribution in [-0.4, -0.2) is 34.4 Å². The Hall–Kier alpha value is -3.47. The van der Waals surface area contributed by atoms with Gasteiger partial charge in [-0.2, -0.15) is 4.98 Å². The number of amides is 1. The van der Waals surface area contributed by atoms with Crippen LogP contribution in [0.5, 0.6) is 11.5 Å². The zero-order valence-corrected chi connectivity index (χ0v) is 27.1. The molecule has 1 aliphatic heterocycles. The molecular weight excluding hydrogens is 638 g/mol. The number of thioether (sulfide) groups is 1. The van der Waals surface area contributed by atoms with Crippen molar-refractivity contribution in [3.63, 3.8) is 0 Å². The van der Waals surface area contributed by atoms with E-state index in [0.29, 0.717) is 55.7 Å². The molecule has 1 aromatic heterocycles. The van der Waals surface area contributed by atoms with E-state index in [1.807, 2.05) is 82.3 Å². The molecule has 1 unspecified atom stereocenters. The van der Waals surface area contributed by atoms with Gasteiger partial charge in [-0.1, -0.05) is 53.7 Å². The second-order valence-corrected chi connectivity index (χ2v) is 12.0. The molecule has 11 heteroatoms. The molecule has 0 radical (unpaired) electrons. The lowest BCUT2D eigenvalue weighted by molar-refractivity contribution is -0.113. The van der Waals surface area contributed by atoms with E-state index in [1.165, 1.54) is 11.8 Å². The molecule has 8 nitrogen and oxygen atoms in total. The van der Waals surface area contributed by atoms with Gasteiger partial charge in [-0.25, -0.2) is 4.68 Å². The third-order valence-electron chi connectivity index (χ3n) is 7.10. The van der Waals surface area contributed by atoms with Gasteiger partial charge in [-0.15, -0.1) is 5.10 Å². The van der Waals surface area contributed by atoms with E-state index in [0.717, 1.165) is 27.9 Å². The molecule has 2 heterocycles. The second kappa shape index (κ2) is 12.8. The van der Waals surface area contributed by atoms with Gasteiger partial charge >= 0.3 is 0 Å². The molecule has 218 valence electrons. The fourth-order valence-electron chi connectivity index (χ4n) is 4.81. The number of carbonyl (C=O) groups is 1. The number of ether oxygens (including phenoxy) is 2. The Morgan fingerprint density at radius 2 is 1.95 bits per heavy atom. The number of methoxy groups -OCH3 is 1. The summed E-state index contributed by atoms with van der Waals surface area (Å²) in [6, 6.07) is 16.8. The molecule has 1 amide bonds. The van der Waals surface area contributed by atoms with Crippen molar-refractivity contribution in [1.82, 2.24) is 14.8 Å². The molecule has 0 aliphatic carbocycles. The number of fused-ring (bicyclic) bond motifs is 1. The van der Waals surface area contributed by atoms with Gasteiger partial charge in [0.1, 0.15) is 6.04 Å². The number of rotatable bonds is 9. The minimum atomic E-state index is -0.602. The Morgan fingerprint density at radius 3 is 2.69 bits per heavy atom. The quantitative estimate of drug-likeness (QED) is 0.175. The molecule has 2 N–H and O–H groups in total. The van der Waals surface area contributed by atoms with Crippen LogP contribution in [0, 0.1) is 13.8 Å². The number of allylic oxidation sites excluding steroid dienone is 1. The Kier molecular flexibility index (Phi) is 9.15. The first-order valence-corrected chi connectivity index (χ1v) is 15.6. The molecule has 0 fully saturated rings. The summed E-state index contributed by atoms with van der Waals surface area (Å²) < 4.78 is 14.0. The summed E-state index contributed by atoms with van der Waals surface area (Å²) in [5, 5.41) is 12.6. The van der Waals surface area contributed by atoms with Gasteiger partial charge in [-0.05, 0) is 90.1 Å². The van der Waals surface area contributed by atoms with Gasteiger partial charge in [0.25, 0.3) is 5.91 Å². The average molecular weight is 669 g/mol. The predicted molar refractivity (Wildman–Crippen MR) is 172 cm³/mol. The Labute approximate surface area is 263 Å². The van der Waals surface area contributed by atoms with Gasteiger partial charge in [0, 0.05) is 22.2 Å². The standard InChI is InChI=1S/C31H31BrClN5O3S/c1-6-41-28-22(32)14-21(15-25(28)40-5)27-26(29(39)35-24-13-9-10-17(2)18(24)3)19(4)34-30-36-31(37-38(27)30)42-16-20-11-7-8-12-23(20)33/h7-15,27H,6,16H2,1-5H3,(H,35,39)(H,34,36,37). The van der Waals surface area contributed by atoms with E-state index in [9.17, 15) is 4.79 Å². The maximum Gasteiger partial charge on any atom is 0.255 e. The molecule has 0 saturated carbocycles. The van der Waals surface area contributed by atoms with E-state index < -0.39 is 6.04 Å². The van der Waals surface area contributed by atoms with Crippen molar-refractivity contribution in [3.05, 3.63) is 97.6 Å². The van der Waals surface area contributed by atoms with Crippen molar-refractivity contribution in [2.24, 2.45) is 0 Å². The highest BCUT2D eigenvalue weighted by Gasteiger charge is 2.35. The van der Waals surface area contributed by atoms with E-state index in [4.69, 9.17) is 31.2 Å². The molecular formula is C31H31BrClN5O3S. The van der Waals surface area contributed by atoms with Crippen molar-refractivity contribution >= 4 is 56.8 Å². The monoisotopic (exact) mass is 667 g/mol. The predicted octanol–water partition coefficient (Wildman–Crippen LogP) is 7.94. The minimum Gasteiger partial charge on any atom is -0.493 e. The zero-order chi connectivity index (χ0) is 30.0. The zero-order valence-electron chi connectivity index (χ0n) is 23.9. The van der Waals surface area contributed by atoms with E-state index in [1.54, 1.807) is 11.8 Å². The highest BCUT2D eigenvalue weighted by atomic mass is 79.9. The van der Waals surface area contributed by atoms with Crippen LogP contribution in [0.15, 0.2) is 75.5 Å². The van der Waals surface area contributed by atoms with Crippen LogP contribution in [0.4, 0.5) is 11.6 Å². The third-order valence-corrected chi connectivity index (χ3v) is 8.95. The van der Waals surface area contributed by atoms with Crippen LogP contribution in [0.2, 0.25) is 5.02 Å².